The summed E-state index contributed by atoms with van der Waals surface area (Å²) < 4.78 is 5.32. The molecule has 0 radical (unpaired) electrons. The highest BCUT2D eigenvalue weighted by Crippen LogP contribution is 2.23. The molecule has 0 aliphatic rings. The second-order valence-corrected chi connectivity index (χ2v) is 4.15. The van der Waals surface area contributed by atoms with Crippen LogP contribution >= 0.6 is 0 Å². The quantitative estimate of drug-likeness (QED) is 0.738. The number of rotatable bonds is 8. The zero-order valence-corrected chi connectivity index (χ0v) is 10.6. The fraction of sp³-hybridized carbons (Fsp3) is 0.833. The van der Waals surface area contributed by atoms with Gasteiger partial charge in [0.1, 0.15) is 0 Å². The van der Waals surface area contributed by atoms with Gasteiger partial charge in [0.05, 0.1) is 0 Å². The van der Waals surface area contributed by atoms with E-state index in [-0.39, 0.29) is 0 Å². The third-order valence-corrected chi connectivity index (χ3v) is 2.83. The zero-order valence-electron chi connectivity index (χ0n) is 10.6. The van der Waals surface area contributed by atoms with E-state index < -0.39 is 0 Å². The molecular weight excluding hydrogens is 202 g/mol. The smallest absolute Gasteiger partial charge is 0.229 e. The van der Waals surface area contributed by atoms with E-state index in [1.807, 2.05) is 7.05 Å². The number of hydrogen-bond acceptors (Lipinski definition) is 4. The summed E-state index contributed by atoms with van der Waals surface area (Å²) in [6.07, 6.45) is 5.52. The molecule has 0 fully saturated rings. The molecule has 16 heavy (non-hydrogen) atoms. The summed E-state index contributed by atoms with van der Waals surface area (Å²) in [6.45, 7) is 5.28. The van der Waals surface area contributed by atoms with Gasteiger partial charge >= 0.3 is 0 Å². The second kappa shape index (κ2) is 7.39. The molecule has 1 rings (SSSR count). The average molecular weight is 225 g/mol. The van der Waals surface area contributed by atoms with Gasteiger partial charge in [0.2, 0.25) is 5.89 Å². The van der Waals surface area contributed by atoms with Crippen molar-refractivity contribution in [3.63, 3.8) is 0 Å². The Bertz CT molecular complexity index is 286. The summed E-state index contributed by atoms with van der Waals surface area (Å²) in [5.74, 6) is 2.08. The van der Waals surface area contributed by atoms with Crippen LogP contribution in [0.1, 0.15) is 57.2 Å². The maximum Gasteiger partial charge on any atom is 0.229 e. The van der Waals surface area contributed by atoms with Gasteiger partial charge in [0.15, 0.2) is 5.82 Å². The topological polar surface area (TPSA) is 51.0 Å². The maximum atomic E-state index is 5.32. The summed E-state index contributed by atoms with van der Waals surface area (Å²) in [4.78, 5) is 4.45. The Balaban J connectivity index is 2.52. The highest BCUT2D eigenvalue weighted by atomic mass is 16.5. The van der Waals surface area contributed by atoms with Crippen LogP contribution in [0.2, 0.25) is 0 Å². The molecular formula is C12H23N3O. The van der Waals surface area contributed by atoms with Crippen molar-refractivity contribution in [3.8, 4) is 0 Å². The highest BCUT2D eigenvalue weighted by molar-refractivity contribution is 4.94. The monoisotopic (exact) mass is 225 g/mol. The van der Waals surface area contributed by atoms with Crippen molar-refractivity contribution in [2.24, 2.45) is 0 Å². The Labute approximate surface area is 97.8 Å². The predicted molar refractivity (Wildman–Crippen MR) is 64.5 cm³/mol. The average Bonchev–Trinajstić information content (AvgIpc) is 2.76. The molecule has 4 nitrogen and oxygen atoms in total. The molecule has 0 bridgehead atoms. The van der Waals surface area contributed by atoms with E-state index in [2.05, 4.69) is 29.3 Å². The summed E-state index contributed by atoms with van der Waals surface area (Å²) in [5, 5.41) is 7.09. The minimum Gasteiger partial charge on any atom is -0.339 e. The lowest BCUT2D eigenvalue weighted by molar-refractivity contribution is 0.336. The van der Waals surface area contributed by atoms with Crippen LogP contribution in [-0.2, 0) is 6.42 Å². The van der Waals surface area contributed by atoms with Gasteiger partial charge in [-0.05, 0) is 19.9 Å². The normalized spacial score (nSPS) is 12.9. The minimum absolute atomic E-state index is 0.441. The van der Waals surface area contributed by atoms with Gasteiger partial charge < -0.3 is 9.84 Å². The molecule has 92 valence electrons. The Morgan fingerprint density at radius 1 is 1.38 bits per heavy atom. The van der Waals surface area contributed by atoms with Crippen LogP contribution in [0.15, 0.2) is 4.52 Å². The zero-order chi connectivity index (χ0) is 11.8. The Kier molecular flexibility index (Phi) is 6.08. The van der Waals surface area contributed by atoms with Crippen LogP contribution in [0.25, 0.3) is 0 Å². The van der Waals surface area contributed by atoms with E-state index in [1.54, 1.807) is 0 Å². The lowest BCUT2D eigenvalue weighted by Gasteiger charge is -2.07. The van der Waals surface area contributed by atoms with E-state index in [0.29, 0.717) is 5.92 Å². The molecule has 0 aromatic carbocycles. The maximum absolute atomic E-state index is 5.32. The van der Waals surface area contributed by atoms with Crippen LogP contribution in [-0.4, -0.2) is 23.7 Å². The van der Waals surface area contributed by atoms with Crippen molar-refractivity contribution < 1.29 is 4.52 Å². The molecule has 0 amide bonds. The molecule has 1 N–H and O–H groups in total. The van der Waals surface area contributed by atoms with E-state index >= 15 is 0 Å². The van der Waals surface area contributed by atoms with Gasteiger partial charge in [0, 0.05) is 18.9 Å². The van der Waals surface area contributed by atoms with Gasteiger partial charge in [-0.2, -0.15) is 4.98 Å². The van der Waals surface area contributed by atoms with Crippen molar-refractivity contribution in [1.29, 1.82) is 0 Å². The lowest BCUT2D eigenvalue weighted by atomic mass is 9.99. The Hall–Kier alpha value is -0.900. The molecule has 0 saturated carbocycles. The van der Waals surface area contributed by atoms with E-state index in [9.17, 15) is 0 Å². The van der Waals surface area contributed by atoms with Crippen molar-refractivity contribution in [2.45, 2.75) is 51.9 Å². The molecule has 0 saturated heterocycles. The molecule has 1 unspecified atom stereocenters. The van der Waals surface area contributed by atoms with Crippen LogP contribution < -0.4 is 5.32 Å². The molecule has 0 aliphatic heterocycles. The van der Waals surface area contributed by atoms with Gasteiger partial charge in [0.25, 0.3) is 0 Å². The van der Waals surface area contributed by atoms with Crippen LogP contribution in [0.5, 0.6) is 0 Å². The number of hydrogen-bond donors (Lipinski definition) is 1. The number of nitrogens with zero attached hydrogens (tertiary/aromatic N) is 2. The standard InChI is InChI=1S/C12H23N3O/c1-4-6-7-10(5-2)12-14-11(15-16-12)8-9-13-3/h10,13H,4-9H2,1-3H3. The van der Waals surface area contributed by atoms with Gasteiger partial charge in [-0.1, -0.05) is 31.8 Å². The first kappa shape index (κ1) is 13.2. The number of likely N-dealkylation sites (N-methyl/N-ethyl adjacent to an activating group) is 1. The van der Waals surface area contributed by atoms with Crippen molar-refractivity contribution in [2.75, 3.05) is 13.6 Å². The second-order valence-electron chi connectivity index (χ2n) is 4.15. The van der Waals surface area contributed by atoms with E-state index in [4.69, 9.17) is 4.52 Å². The third-order valence-electron chi connectivity index (χ3n) is 2.83. The first-order chi connectivity index (χ1) is 7.81. The molecule has 1 aromatic heterocycles. The van der Waals surface area contributed by atoms with Gasteiger partial charge in [-0.3, -0.25) is 0 Å². The summed E-state index contributed by atoms with van der Waals surface area (Å²) in [6, 6.07) is 0. The molecule has 0 spiro atoms. The summed E-state index contributed by atoms with van der Waals surface area (Å²) in [7, 11) is 1.93. The van der Waals surface area contributed by atoms with Gasteiger partial charge in [-0.25, -0.2) is 0 Å². The minimum atomic E-state index is 0.441. The van der Waals surface area contributed by atoms with Crippen molar-refractivity contribution >= 4 is 0 Å². The van der Waals surface area contributed by atoms with Crippen LogP contribution in [0.4, 0.5) is 0 Å². The number of aromatic nitrogens is 2. The first-order valence-electron chi connectivity index (χ1n) is 6.28. The predicted octanol–water partition coefficient (Wildman–Crippen LogP) is 2.52. The van der Waals surface area contributed by atoms with Crippen LogP contribution in [0, 0.1) is 0 Å². The Morgan fingerprint density at radius 3 is 2.81 bits per heavy atom. The molecule has 4 heteroatoms. The fourth-order valence-corrected chi connectivity index (χ4v) is 1.72. The Morgan fingerprint density at radius 2 is 2.19 bits per heavy atom. The molecule has 0 aliphatic carbocycles. The van der Waals surface area contributed by atoms with E-state index in [1.165, 1.54) is 12.8 Å². The molecule has 1 atom stereocenters. The van der Waals surface area contributed by atoms with Crippen LogP contribution in [0.3, 0.4) is 0 Å². The summed E-state index contributed by atoms with van der Waals surface area (Å²) >= 11 is 0. The van der Waals surface area contributed by atoms with Gasteiger partial charge in [-0.15, -0.1) is 0 Å². The summed E-state index contributed by atoms with van der Waals surface area (Å²) in [5.41, 5.74) is 0. The van der Waals surface area contributed by atoms with E-state index in [0.717, 1.165) is 37.5 Å². The fourth-order valence-electron chi connectivity index (χ4n) is 1.72. The molecule has 1 aromatic rings. The molecule has 1 heterocycles. The lowest BCUT2D eigenvalue weighted by Crippen LogP contribution is -2.11. The third kappa shape index (κ3) is 3.93. The number of unbranched alkanes of at least 4 members (excludes halogenated alkanes) is 1. The highest BCUT2D eigenvalue weighted by Gasteiger charge is 2.16. The van der Waals surface area contributed by atoms with Crippen molar-refractivity contribution in [3.05, 3.63) is 11.7 Å². The van der Waals surface area contributed by atoms with Crippen molar-refractivity contribution in [1.82, 2.24) is 15.5 Å². The first-order valence-corrected chi connectivity index (χ1v) is 6.28. The SMILES string of the molecule is CCCCC(CC)c1nc(CCNC)no1. The number of nitrogens with one attached hydrogen (secondary N) is 1. The largest absolute Gasteiger partial charge is 0.339 e.